The first kappa shape index (κ1) is 23.4. The number of aromatic nitrogens is 1. The summed E-state index contributed by atoms with van der Waals surface area (Å²) in [7, 11) is 0. The van der Waals surface area contributed by atoms with E-state index in [0.29, 0.717) is 30.2 Å². The summed E-state index contributed by atoms with van der Waals surface area (Å²) in [6.07, 6.45) is 5.51. The summed E-state index contributed by atoms with van der Waals surface area (Å²) in [5, 5.41) is 9.58. The fourth-order valence-corrected chi connectivity index (χ4v) is 3.52. The fourth-order valence-electron chi connectivity index (χ4n) is 3.52. The van der Waals surface area contributed by atoms with Crippen molar-refractivity contribution < 1.29 is 13.9 Å². The molecular formula is C27H32N2O3. The molecule has 32 heavy (non-hydrogen) atoms. The van der Waals surface area contributed by atoms with Gasteiger partial charge in [-0.2, -0.15) is 5.26 Å². The summed E-state index contributed by atoms with van der Waals surface area (Å²) >= 11 is 0. The van der Waals surface area contributed by atoms with Gasteiger partial charge in [-0.3, -0.25) is 0 Å². The van der Waals surface area contributed by atoms with Gasteiger partial charge >= 0.3 is 0 Å². The Balaban J connectivity index is 2.14. The van der Waals surface area contributed by atoms with Gasteiger partial charge in [0.1, 0.15) is 17.2 Å². The molecule has 0 fully saturated rings. The molecule has 0 radical (unpaired) electrons. The second kappa shape index (κ2) is 11.4. The van der Waals surface area contributed by atoms with E-state index >= 15 is 0 Å². The van der Waals surface area contributed by atoms with Crippen molar-refractivity contribution in [2.75, 3.05) is 13.2 Å². The van der Waals surface area contributed by atoms with E-state index in [-0.39, 0.29) is 5.92 Å². The second-order valence-electron chi connectivity index (χ2n) is 8.13. The van der Waals surface area contributed by atoms with Gasteiger partial charge in [-0.25, -0.2) is 4.98 Å². The minimum Gasteiger partial charge on any atom is -0.493 e. The maximum Gasteiger partial charge on any atom is 0.182 e. The predicted molar refractivity (Wildman–Crippen MR) is 127 cm³/mol. The molecule has 2 aromatic carbocycles. The molecule has 0 atom stereocenters. The van der Waals surface area contributed by atoms with Gasteiger partial charge in [0.15, 0.2) is 12.2 Å². The number of ether oxygens (including phenoxy) is 2. The Morgan fingerprint density at radius 3 is 2.31 bits per heavy atom. The molecule has 0 saturated heterocycles. The Labute approximate surface area is 191 Å². The van der Waals surface area contributed by atoms with Crippen LogP contribution in [0.1, 0.15) is 70.4 Å². The van der Waals surface area contributed by atoms with Gasteiger partial charge in [-0.05, 0) is 42.5 Å². The average molecular weight is 433 g/mol. The van der Waals surface area contributed by atoms with Crippen LogP contribution in [-0.4, -0.2) is 18.2 Å². The zero-order valence-electron chi connectivity index (χ0n) is 19.5. The molecule has 0 aliphatic rings. The van der Waals surface area contributed by atoms with E-state index in [1.807, 2.05) is 24.3 Å². The number of nitrogens with zero attached hydrogens (tertiary/aromatic N) is 2. The van der Waals surface area contributed by atoms with Gasteiger partial charge in [0.2, 0.25) is 0 Å². The monoisotopic (exact) mass is 432 g/mol. The predicted octanol–water partition coefficient (Wildman–Crippen LogP) is 7.36. The van der Waals surface area contributed by atoms with E-state index in [4.69, 9.17) is 13.9 Å². The first-order chi connectivity index (χ1) is 15.6. The van der Waals surface area contributed by atoms with E-state index < -0.39 is 0 Å². The Morgan fingerprint density at radius 2 is 1.66 bits per heavy atom. The number of benzene rings is 2. The first-order valence-corrected chi connectivity index (χ1v) is 11.5. The van der Waals surface area contributed by atoms with Crippen molar-refractivity contribution in [3.05, 3.63) is 53.9 Å². The third-order valence-electron chi connectivity index (χ3n) is 5.36. The van der Waals surface area contributed by atoms with Gasteiger partial charge in [0.05, 0.1) is 24.8 Å². The molecule has 0 saturated carbocycles. The number of unbranched alkanes of at least 4 members (excludes halogenated alkanes) is 2. The van der Waals surface area contributed by atoms with Crippen LogP contribution in [0, 0.1) is 11.3 Å². The van der Waals surface area contributed by atoms with Crippen molar-refractivity contribution in [2.24, 2.45) is 0 Å². The lowest BCUT2D eigenvalue weighted by Gasteiger charge is -2.19. The number of hydrogen-bond donors (Lipinski definition) is 0. The molecule has 0 unspecified atom stereocenters. The van der Waals surface area contributed by atoms with Crippen molar-refractivity contribution in [3.8, 4) is 40.1 Å². The molecule has 0 aliphatic heterocycles. The van der Waals surface area contributed by atoms with Gasteiger partial charge < -0.3 is 13.9 Å². The molecule has 168 valence electrons. The zero-order valence-corrected chi connectivity index (χ0v) is 19.5. The van der Waals surface area contributed by atoms with E-state index in [9.17, 15) is 5.26 Å². The van der Waals surface area contributed by atoms with Crippen molar-refractivity contribution in [1.29, 1.82) is 5.26 Å². The van der Waals surface area contributed by atoms with Crippen LogP contribution in [0.4, 0.5) is 0 Å². The molecule has 1 aromatic heterocycles. The van der Waals surface area contributed by atoms with E-state index in [1.54, 1.807) is 6.07 Å². The molecule has 0 N–H and O–H groups in total. The van der Waals surface area contributed by atoms with Gasteiger partial charge in [0.25, 0.3) is 0 Å². The second-order valence-corrected chi connectivity index (χ2v) is 8.13. The summed E-state index contributed by atoms with van der Waals surface area (Å²) in [6, 6.07) is 13.7. The molecule has 5 nitrogen and oxygen atoms in total. The Kier molecular flexibility index (Phi) is 8.33. The molecule has 3 aromatic rings. The van der Waals surface area contributed by atoms with Crippen LogP contribution in [0.15, 0.2) is 47.2 Å². The van der Waals surface area contributed by atoms with Crippen molar-refractivity contribution in [2.45, 2.75) is 59.3 Å². The van der Waals surface area contributed by atoms with E-state index in [2.05, 4.69) is 44.8 Å². The number of nitriles is 1. The van der Waals surface area contributed by atoms with Crippen LogP contribution in [0.2, 0.25) is 0 Å². The first-order valence-electron chi connectivity index (χ1n) is 11.5. The van der Waals surface area contributed by atoms with Gasteiger partial charge in [0, 0.05) is 17.2 Å². The molecule has 0 bridgehead atoms. The number of rotatable bonds is 11. The summed E-state index contributed by atoms with van der Waals surface area (Å²) in [4.78, 5) is 4.54. The molecule has 3 rings (SSSR count). The minimum atomic E-state index is 0.261. The van der Waals surface area contributed by atoms with Crippen LogP contribution >= 0.6 is 0 Å². The van der Waals surface area contributed by atoms with Crippen LogP contribution in [0.25, 0.3) is 22.6 Å². The topological polar surface area (TPSA) is 68.3 Å². The normalized spacial score (nSPS) is 10.9. The molecular weight excluding hydrogens is 400 g/mol. The van der Waals surface area contributed by atoms with E-state index in [1.165, 1.54) is 6.39 Å². The Bertz CT molecular complexity index is 1060. The lowest BCUT2D eigenvalue weighted by atomic mass is 9.95. The molecule has 0 aliphatic carbocycles. The Morgan fingerprint density at radius 1 is 0.969 bits per heavy atom. The quantitative estimate of drug-likeness (QED) is 0.296. The standard InChI is InChI=1S/C27H32N2O3/c1-5-7-13-30-24-16-25(31-14-8-6-2)23(15-22(24)19(3)4)26-27(32-18-29-26)21-12-10-9-11-20(21)17-28/h9-12,15-16,18-19H,5-8,13-14H2,1-4H3. The lowest BCUT2D eigenvalue weighted by Crippen LogP contribution is -2.05. The fraction of sp³-hybridized carbons (Fsp3) is 0.407. The third-order valence-corrected chi connectivity index (χ3v) is 5.36. The van der Waals surface area contributed by atoms with Crippen LogP contribution in [0.5, 0.6) is 11.5 Å². The molecule has 1 heterocycles. The molecule has 5 heteroatoms. The summed E-state index contributed by atoms with van der Waals surface area (Å²) in [5.74, 6) is 2.40. The number of oxazole rings is 1. The van der Waals surface area contributed by atoms with Gasteiger partial charge in [-0.15, -0.1) is 0 Å². The largest absolute Gasteiger partial charge is 0.493 e. The highest BCUT2D eigenvalue weighted by molar-refractivity contribution is 5.83. The van der Waals surface area contributed by atoms with Crippen molar-refractivity contribution in [1.82, 2.24) is 4.98 Å². The smallest absolute Gasteiger partial charge is 0.182 e. The minimum absolute atomic E-state index is 0.261. The SMILES string of the molecule is CCCCOc1cc(OCCCC)c(C(C)C)cc1-c1ncoc1-c1ccccc1C#N. The van der Waals surface area contributed by atoms with Crippen LogP contribution < -0.4 is 9.47 Å². The highest BCUT2D eigenvalue weighted by atomic mass is 16.5. The third kappa shape index (κ3) is 5.31. The molecule has 0 amide bonds. The maximum absolute atomic E-state index is 9.58. The zero-order chi connectivity index (χ0) is 22.9. The summed E-state index contributed by atoms with van der Waals surface area (Å²) < 4.78 is 18.1. The average Bonchev–Trinajstić information content (AvgIpc) is 3.28. The summed E-state index contributed by atoms with van der Waals surface area (Å²) in [6.45, 7) is 9.88. The highest BCUT2D eigenvalue weighted by Crippen LogP contribution is 2.42. The lowest BCUT2D eigenvalue weighted by molar-refractivity contribution is 0.292. The van der Waals surface area contributed by atoms with Gasteiger partial charge in [-0.1, -0.05) is 52.7 Å². The highest BCUT2D eigenvalue weighted by Gasteiger charge is 2.22. The van der Waals surface area contributed by atoms with Crippen LogP contribution in [0.3, 0.4) is 0 Å². The van der Waals surface area contributed by atoms with Crippen molar-refractivity contribution in [3.63, 3.8) is 0 Å². The molecule has 0 spiro atoms. The summed E-state index contributed by atoms with van der Waals surface area (Å²) in [5.41, 5.74) is 3.88. The van der Waals surface area contributed by atoms with E-state index in [0.717, 1.165) is 53.9 Å². The van der Waals surface area contributed by atoms with Crippen molar-refractivity contribution >= 4 is 0 Å². The number of hydrogen-bond acceptors (Lipinski definition) is 5. The van der Waals surface area contributed by atoms with Crippen LogP contribution in [-0.2, 0) is 0 Å². The Hall–Kier alpha value is -3.26. The maximum atomic E-state index is 9.58.